The molecule has 6 nitrogen and oxygen atoms in total. The van der Waals surface area contributed by atoms with E-state index >= 15 is 0 Å². The van der Waals surface area contributed by atoms with Gasteiger partial charge in [0.1, 0.15) is 5.82 Å². The van der Waals surface area contributed by atoms with Crippen LogP contribution in [0.4, 0.5) is 14.9 Å². The molecule has 1 fully saturated rings. The van der Waals surface area contributed by atoms with Gasteiger partial charge in [0.05, 0.1) is 6.54 Å². The smallest absolute Gasteiger partial charge is 0.321 e. The summed E-state index contributed by atoms with van der Waals surface area (Å²) >= 11 is 0. The first kappa shape index (κ1) is 21.6. The SMILES string of the molecule is CCNC(=NCc1cccc(NC(=O)N2CCCC2)c1)NCCc1ccc(F)cc1. The first-order valence-corrected chi connectivity index (χ1v) is 10.6. The molecular formula is C23H30FN5O. The number of nitrogens with one attached hydrogen (secondary N) is 3. The van der Waals surface area contributed by atoms with Gasteiger partial charge in [-0.05, 0) is 61.6 Å². The van der Waals surface area contributed by atoms with Crippen molar-refractivity contribution in [3.05, 3.63) is 65.5 Å². The van der Waals surface area contributed by atoms with Crippen LogP contribution < -0.4 is 16.0 Å². The summed E-state index contributed by atoms with van der Waals surface area (Å²) in [5.41, 5.74) is 2.88. The van der Waals surface area contributed by atoms with E-state index < -0.39 is 0 Å². The van der Waals surface area contributed by atoms with Gasteiger partial charge in [0.25, 0.3) is 0 Å². The highest BCUT2D eigenvalue weighted by Gasteiger charge is 2.17. The molecule has 3 N–H and O–H groups in total. The molecule has 7 heteroatoms. The predicted molar refractivity (Wildman–Crippen MR) is 119 cm³/mol. The highest BCUT2D eigenvalue weighted by molar-refractivity contribution is 5.89. The number of benzene rings is 2. The Kier molecular flexibility index (Phi) is 8.06. The van der Waals surface area contributed by atoms with E-state index in [0.29, 0.717) is 13.1 Å². The summed E-state index contributed by atoms with van der Waals surface area (Å²) in [4.78, 5) is 18.8. The van der Waals surface area contributed by atoms with Crippen molar-refractivity contribution in [3.8, 4) is 0 Å². The Balaban J connectivity index is 1.53. The number of halogens is 1. The van der Waals surface area contributed by atoms with Gasteiger partial charge >= 0.3 is 6.03 Å². The van der Waals surface area contributed by atoms with Gasteiger partial charge in [0.15, 0.2) is 5.96 Å². The maximum atomic E-state index is 13.0. The van der Waals surface area contributed by atoms with E-state index in [1.807, 2.05) is 36.1 Å². The number of carbonyl (C=O) groups excluding carboxylic acids is 1. The van der Waals surface area contributed by atoms with E-state index in [4.69, 9.17) is 0 Å². The van der Waals surface area contributed by atoms with Crippen molar-refractivity contribution in [1.29, 1.82) is 0 Å². The molecule has 1 heterocycles. The van der Waals surface area contributed by atoms with Gasteiger partial charge in [0.2, 0.25) is 0 Å². The maximum Gasteiger partial charge on any atom is 0.321 e. The van der Waals surface area contributed by atoms with Crippen molar-refractivity contribution < 1.29 is 9.18 Å². The number of hydrogen-bond acceptors (Lipinski definition) is 2. The van der Waals surface area contributed by atoms with Gasteiger partial charge in [-0.1, -0.05) is 24.3 Å². The van der Waals surface area contributed by atoms with E-state index in [-0.39, 0.29) is 11.8 Å². The monoisotopic (exact) mass is 411 g/mol. The van der Waals surface area contributed by atoms with Crippen LogP contribution in [0, 0.1) is 5.82 Å². The highest BCUT2D eigenvalue weighted by atomic mass is 19.1. The fraction of sp³-hybridized carbons (Fsp3) is 0.391. The molecule has 2 aromatic carbocycles. The molecule has 0 spiro atoms. The second-order valence-electron chi connectivity index (χ2n) is 7.32. The number of likely N-dealkylation sites (tertiary alicyclic amines) is 1. The summed E-state index contributed by atoms with van der Waals surface area (Å²) in [5, 5.41) is 9.52. The largest absolute Gasteiger partial charge is 0.357 e. The quantitative estimate of drug-likeness (QED) is 0.480. The normalized spacial score (nSPS) is 13.9. The second kappa shape index (κ2) is 11.2. The van der Waals surface area contributed by atoms with Gasteiger partial charge < -0.3 is 20.9 Å². The zero-order valence-electron chi connectivity index (χ0n) is 17.5. The predicted octanol–water partition coefficient (Wildman–Crippen LogP) is 3.75. The summed E-state index contributed by atoms with van der Waals surface area (Å²) in [7, 11) is 0. The minimum Gasteiger partial charge on any atom is -0.357 e. The van der Waals surface area contributed by atoms with E-state index in [1.165, 1.54) is 12.1 Å². The summed E-state index contributed by atoms with van der Waals surface area (Å²) < 4.78 is 13.0. The molecule has 30 heavy (non-hydrogen) atoms. The minimum absolute atomic E-state index is 0.0380. The Labute approximate surface area is 177 Å². The summed E-state index contributed by atoms with van der Waals surface area (Å²) in [6.45, 7) is 5.62. The molecule has 3 rings (SSSR count). The van der Waals surface area contributed by atoms with Crippen LogP contribution in [0.1, 0.15) is 30.9 Å². The van der Waals surface area contributed by atoms with Crippen molar-refractivity contribution in [1.82, 2.24) is 15.5 Å². The molecule has 0 aromatic heterocycles. The van der Waals surface area contributed by atoms with Crippen LogP contribution in [0.3, 0.4) is 0 Å². The fourth-order valence-electron chi connectivity index (χ4n) is 3.36. The van der Waals surface area contributed by atoms with Gasteiger partial charge in [-0.25, -0.2) is 14.2 Å². The number of aliphatic imine (C=N–C) groups is 1. The van der Waals surface area contributed by atoms with E-state index in [2.05, 4.69) is 20.9 Å². The van der Waals surface area contributed by atoms with Crippen LogP contribution in [-0.2, 0) is 13.0 Å². The number of amides is 2. The summed E-state index contributed by atoms with van der Waals surface area (Å²) in [6, 6.07) is 14.3. The molecule has 0 aliphatic carbocycles. The fourth-order valence-corrected chi connectivity index (χ4v) is 3.36. The third-order valence-electron chi connectivity index (χ3n) is 4.95. The topological polar surface area (TPSA) is 68.8 Å². The van der Waals surface area contributed by atoms with Crippen molar-refractivity contribution >= 4 is 17.7 Å². The minimum atomic E-state index is -0.222. The molecule has 0 bridgehead atoms. The zero-order chi connectivity index (χ0) is 21.2. The second-order valence-corrected chi connectivity index (χ2v) is 7.32. The van der Waals surface area contributed by atoms with E-state index in [0.717, 1.165) is 61.7 Å². The Bertz CT molecular complexity index is 847. The standard InChI is InChI=1S/C23H30FN5O/c1-2-25-22(26-13-12-18-8-10-20(24)11-9-18)27-17-19-6-5-7-21(16-19)28-23(30)29-14-3-4-15-29/h5-11,16H,2-4,12-15,17H2,1H3,(H,28,30)(H2,25,26,27). The molecule has 160 valence electrons. The van der Waals surface area contributed by atoms with Crippen LogP contribution in [0.25, 0.3) is 0 Å². The third-order valence-corrected chi connectivity index (χ3v) is 4.95. The molecule has 2 aromatic rings. The number of guanidine groups is 1. The lowest BCUT2D eigenvalue weighted by atomic mass is 10.1. The molecule has 0 unspecified atom stereocenters. The molecule has 1 aliphatic rings. The average molecular weight is 412 g/mol. The third kappa shape index (κ3) is 6.76. The lowest BCUT2D eigenvalue weighted by molar-refractivity contribution is 0.222. The van der Waals surface area contributed by atoms with Crippen molar-refractivity contribution in [3.63, 3.8) is 0 Å². The Hall–Kier alpha value is -3.09. The van der Waals surface area contributed by atoms with Gasteiger partial charge in [-0.15, -0.1) is 0 Å². The number of rotatable bonds is 7. The molecule has 0 saturated carbocycles. The van der Waals surface area contributed by atoms with E-state index in [1.54, 1.807) is 12.1 Å². The van der Waals surface area contributed by atoms with Crippen LogP contribution >= 0.6 is 0 Å². The maximum absolute atomic E-state index is 13.0. The Morgan fingerprint density at radius 1 is 1.07 bits per heavy atom. The molecule has 0 atom stereocenters. The molecule has 1 aliphatic heterocycles. The van der Waals surface area contributed by atoms with Gasteiger partial charge in [-0.3, -0.25) is 0 Å². The number of hydrogen-bond donors (Lipinski definition) is 3. The van der Waals surface area contributed by atoms with Gasteiger partial charge in [0, 0.05) is 31.9 Å². The lowest BCUT2D eigenvalue weighted by Gasteiger charge is -2.16. The number of nitrogens with zero attached hydrogens (tertiary/aromatic N) is 2. The van der Waals surface area contributed by atoms with Crippen LogP contribution in [0.15, 0.2) is 53.5 Å². The summed E-state index contributed by atoms with van der Waals surface area (Å²) in [6.07, 6.45) is 2.93. The number of urea groups is 1. The van der Waals surface area contributed by atoms with Crippen LogP contribution in [0.5, 0.6) is 0 Å². The molecule has 2 amide bonds. The molecule has 1 saturated heterocycles. The lowest BCUT2D eigenvalue weighted by Crippen LogP contribution is -2.38. The van der Waals surface area contributed by atoms with Gasteiger partial charge in [-0.2, -0.15) is 0 Å². The number of anilines is 1. The zero-order valence-corrected chi connectivity index (χ0v) is 17.5. The average Bonchev–Trinajstić information content (AvgIpc) is 3.29. The first-order chi connectivity index (χ1) is 14.6. The highest BCUT2D eigenvalue weighted by Crippen LogP contribution is 2.14. The van der Waals surface area contributed by atoms with Crippen LogP contribution in [-0.4, -0.2) is 43.1 Å². The van der Waals surface area contributed by atoms with Crippen molar-refractivity contribution in [2.75, 3.05) is 31.5 Å². The molecular weight excluding hydrogens is 381 g/mol. The number of carbonyl (C=O) groups is 1. The van der Waals surface area contributed by atoms with Crippen molar-refractivity contribution in [2.45, 2.75) is 32.7 Å². The van der Waals surface area contributed by atoms with E-state index in [9.17, 15) is 9.18 Å². The first-order valence-electron chi connectivity index (χ1n) is 10.6. The Morgan fingerprint density at radius 2 is 1.83 bits per heavy atom. The molecule has 0 radical (unpaired) electrons. The Morgan fingerprint density at radius 3 is 2.57 bits per heavy atom. The van der Waals surface area contributed by atoms with Crippen LogP contribution in [0.2, 0.25) is 0 Å². The van der Waals surface area contributed by atoms with Crippen molar-refractivity contribution in [2.24, 2.45) is 4.99 Å². The summed E-state index contributed by atoms with van der Waals surface area (Å²) in [5.74, 6) is 0.506.